The van der Waals surface area contributed by atoms with Crippen molar-refractivity contribution in [1.29, 1.82) is 0 Å². The molecule has 2 heterocycles. The van der Waals surface area contributed by atoms with E-state index in [2.05, 4.69) is 19.9 Å². The highest BCUT2D eigenvalue weighted by Crippen LogP contribution is 2.35. The molecular weight excluding hydrogens is 256 g/mol. The topological polar surface area (TPSA) is 46.3 Å². The molecule has 1 amide bonds. The van der Waals surface area contributed by atoms with Crippen LogP contribution in [0.25, 0.3) is 10.1 Å². The molecule has 1 fully saturated rings. The van der Waals surface area contributed by atoms with E-state index >= 15 is 0 Å². The lowest BCUT2D eigenvalue weighted by atomic mass is 10.1. The van der Waals surface area contributed by atoms with E-state index in [9.17, 15) is 4.79 Å². The van der Waals surface area contributed by atoms with E-state index < -0.39 is 0 Å². The first kappa shape index (κ1) is 12.5. The molecule has 0 aliphatic carbocycles. The van der Waals surface area contributed by atoms with E-state index in [-0.39, 0.29) is 5.91 Å². The Labute approximate surface area is 117 Å². The van der Waals surface area contributed by atoms with E-state index in [0.29, 0.717) is 16.5 Å². The number of likely N-dealkylation sites (tertiary alicyclic amines) is 1. The molecule has 3 rings (SSSR count). The van der Waals surface area contributed by atoms with Crippen LogP contribution in [0.5, 0.6) is 0 Å². The molecule has 100 valence electrons. The molecule has 0 saturated carbocycles. The number of hydrogen-bond donors (Lipinski definition) is 1. The zero-order chi connectivity index (χ0) is 13.6. The number of nitrogens with two attached hydrogens (primary N) is 1. The molecule has 3 nitrogen and oxygen atoms in total. The molecule has 2 N–H and O–H groups in total. The second kappa shape index (κ2) is 4.53. The Morgan fingerprint density at radius 3 is 2.95 bits per heavy atom. The Bertz CT molecular complexity index is 647. The third-order valence-corrected chi connectivity index (χ3v) is 4.95. The largest absolute Gasteiger partial charge is 0.397 e. The maximum atomic E-state index is 12.5. The fraction of sp³-hybridized carbons (Fsp3) is 0.400. The maximum Gasteiger partial charge on any atom is 0.266 e. The number of thiophene rings is 1. The molecule has 1 saturated heterocycles. The number of rotatable bonds is 1. The lowest BCUT2D eigenvalue weighted by molar-refractivity contribution is 0.0794. The summed E-state index contributed by atoms with van der Waals surface area (Å²) in [6.45, 7) is 5.95. The average Bonchev–Trinajstić information content (AvgIpc) is 2.93. The number of fused-ring (bicyclic) bond motifs is 1. The summed E-state index contributed by atoms with van der Waals surface area (Å²) in [6, 6.07) is 6.15. The van der Waals surface area contributed by atoms with Crippen molar-refractivity contribution in [3.63, 3.8) is 0 Å². The van der Waals surface area contributed by atoms with Crippen molar-refractivity contribution < 1.29 is 4.79 Å². The first-order chi connectivity index (χ1) is 9.06. The van der Waals surface area contributed by atoms with Gasteiger partial charge in [0.15, 0.2) is 0 Å². The lowest BCUT2D eigenvalue weighted by Gasteiger charge is -2.14. The number of benzene rings is 1. The molecule has 1 aromatic carbocycles. The van der Waals surface area contributed by atoms with Crippen LogP contribution >= 0.6 is 11.3 Å². The van der Waals surface area contributed by atoms with Gasteiger partial charge in [-0.15, -0.1) is 11.3 Å². The number of nitrogen functional groups attached to an aromatic ring is 1. The van der Waals surface area contributed by atoms with Crippen molar-refractivity contribution in [3.8, 4) is 0 Å². The van der Waals surface area contributed by atoms with Crippen LogP contribution in [0, 0.1) is 12.8 Å². The summed E-state index contributed by atoms with van der Waals surface area (Å²) >= 11 is 1.52. The minimum Gasteiger partial charge on any atom is -0.397 e. The van der Waals surface area contributed by atoms with Crippen LogP contribution in [0.1, 0.15) is 28.6 Å². The second-order valence-corrected chi connectivity index (χ2v) is 6.54. The highest BCUT2D eigenvalue weighted by molar-refractivity contribution is 7.21. The maximum absolute atomic E-state index is 12.5. The summed E-state index contributed by atoms with van der Waals surface area (Å²) in [5.41, 5.74) is 8.00. The number of aryl methyl sites for hydroxylation is 1. The monoisotopic (exact) mass is 274 g/mol. The Kier molecular flexibility index (Phi) is 2.97. The molecule has 1 aliphatic heterocycles. The smallest absolute Gasteiger partial charge is 0.266 e. The third-order valence-electron chi connectivity index (χ3n) is 3.79. The van der Waals surface area contributed by atoms with Crippen molar-refractivity contribution in [2.75, 3.05) is 18.8 Å². The number of amides is 1. The van der Waals surface area contributed by atoms with Crippen molar-refractivity contribution in [1.82, 2.24) is 4.90 Å². The van der Waals surface area contributed by atoms with Crippen LogP contribution < -0.4 is 5.73 Å². The minimum absolute atomic E-state index is 0.0979. The van der Waals surface area contributed by atoms with Crippen LogP contribution in [0.4, 0.5) is 5.69 Å². The van der Waals surface area contributed by atoms with Gasteiger partial charge in [0.1, 0.15) is 4.88 Å². The molecule has 1 atom stereocenters. The van der Waals surface area contributed by atoms with Crippen molar-refractivity contribution in [3.05, 3.63) is 28.6 Å². The normalized spacial score (nSPS) is 19.3. The van der Waals surface area contributed by atoms with Crippen LogP contribution in [-0.4, -0.2) is 23.9 Å². The lowest BCUT2D eigenvalue weighted by Crippen LogP contribution is -2.28. The minimum atomic E-state index is 0.0979. The van der Waals surface area contributed by atoms with Gasteiger partial charge in [-0.05, 0) is 30.9 Å². The molecule has 1 aromatic heterocycles. The Morgan fingerprint density at radius 2 is 2.26 bits per heavy atom. The number of carbonyl (C=O) groups is 1. The summed E-state index contributed by atoms with van der Waals surface area (Å²) in [5, 5.41) is 1.01. The molecule has 0 spiro atoms. The predicted octanol–water partition coefficient (Wildman–Crippen LogP) is 3.27. The van der Waals surface area contributed by atoms with Crippen LogP contribution in [0.2, 0.25) is 0 Å². The number of anilines is 1. The van der Waals surface area contributed by atoms with Gasteiger partial charge in [0.2, 0.25) is 0 Å². The Hall–Kier alpha value is -1.55. The quantitative estimate of drug-likeness (QED) is 0.867. The molecular formula is C15H18N2OS. The molecule has 1 unspecified atom stereocenters. The first-order valence-corrected chi connectivity index (χ1v) is 7.46. The fourth-order valence-corrected chi connectivity index (χ4v) is 3.83. The van der Waals surface area contributed by atoms with Gasteiger partial charge >= 0.3 is 0 Å². The van der Waals surface area contributed by atoms with Crippen LogP contribution in [0.3, 0.4) is 0 Å². The van der Waals surface area contributed by atoms with Crippen molar-refractivity contribution in [2.24, 2.45) is 5.92 Å². The number of nitrogens with zero attached hydrogens (tertiary/aromatic N) is 1. The average molecular weight is 274 g/mol. The molecule has 0 radical (unpaired) electrons. The first-order valence-electron chi connectivity index (χ1n) is 6.64. The van der Waals surface area contributed by atoms with Crippen LogP contribution in [0.15, 0.2) is 18.2 Å². The summed E-state index contributed by atoms with van der Waals surface area (Å²) in [5.74, 6) is 0.697. The number of carbonyl (C=O) groups excluding carboxylic acids is 1. The van der Waals surface area contributed by atoms with Gasteiger partial charge in [0.25, 0.3) is 5.91 Å². The predicted molar refractivity (Wildman–Crippen MR) is 80.7 cm³/mol. The summed E-state index contributed by atoms with van der Waals surface area (Å²) in [6.07, 6.45) is 1.09. The molecule has 2 aromatic rings. The Morgan fingerprint density at radius 1 is 1.47 bits per heavy atom. The third kappa shape index (κ3) is 2.10. The highest BCUT2D eigenvalue weighted by atomic mass is 32.1. The summed E-state index contributed by atoms with van der Waals surface area (Å²) in [7, 11) is 0. The molecule has 0 bridgehead atoms. The summed E-state index contributed by atoms with van der Waals surface area (Å²) < 4.78 is 1.10. The van der Waals surface area contributed by atoms with Gasteiger partial charge in [0.05, 0.1) is 5.69 Å². The SMILES string of the molecule is Cc1ccc2c(N)c(C(=O)N3CCC(C)C3)sc2c1. The zero-order valence-electron chi connectivity index (χ0n) is 11.3. The summed E-state index contributed by atoms with van der Waals surface area (Å²) in [4.78, 5) is 15.2. The van der Waals surface area contributed by atoms with Gasteiger partial charge in [-0.1, -0.05) is 19.1 Å². The van der Waals surface area contributed by atoms with E-state index in [1.54, 1.807) is 0 Å². The van der Waals surface area contributed by atoms with E-state index in [1.807, 2.05) is 17.0 Å². The van der Waals surface area contributed by atoms with Gasteiger partial charge in [-0.25, -0.2) is 0 Å². The van der Waals surface area contributed by atoms with Gasteiger partial charge in [0, 0.05) is 23.2 Å². The van der Waals surface area contributed by atoms with Gasteiger partial charge < -0.3 is 10.6 Å². The number of hydrogen-bond acceptors (Lipinski definition) is 3. The van der Waals surface area contributed by atoms with Crippen LogP contribution in [-0.2, 0) is 0 Å². The van der Waals surface area contributed by atoms with E-state index in [1.165, 1.54) is 16.9 Å². The Balaban J connectivity index is 2.00. The highest BCUT2D eigenvalue weighted by Gasteiger charge is 2.27. The standard InChI is InChI=1S/C15H18N2OS/c1-9-3-4-11-12(7-9)19-14(13(11)16)15(18)17-6-5-10(2)8-17/h3-4,7,10H,5-6,8,16H2,1-2H3. The molecule has 4 heteroatoms. The molecule has 1 aliphatic rings. The fourth-order valence-electron chi connectivity index (χ4n) is 2.65. The molecule has 19 heavy (non-hydrogen) atoms. The zero-order valence-corrected chi connectivity index (χ0v) is 12.1. The second-order valence-electron chi connectivity index (χ2n) is 5.49. The van der Waals surface area contributed by atoms with Gasteiger partial charge in [-0.3, -0.25) is 4.79 Å². The van der Waals surface area contributed by atoms with E-state index in [4.69, 9.17) is 5.73 Å². The van der Waals surface area contributed by atoms with Crippen molar-refractivity contribution >= 4 is 33.0 Å². The van der Waals surface area contributed by atoms with Crippen molar-refractivity contribution in [2.45, 2.75) is 20.3 Å². The van der Waals surface area contributed by atoms with Gasteiger partial charge in [-0.2, -0.15) is 0 Å². The van der Waals surface area contributed by atoms with E-state index in [0.717, 1.165) is 29.6 Å².